The number of nitrogens with one attached hydrogen (secondary N) is 2. The number of rotatable bonds is 8. The van der Waals surface area contributed by atoms with Crippen LogP contribution in [0.4, 0.5) is 0 Å². The highest BCUT2D eigenvalue weighted by atomic mass is 32.1. The van der Waals surface area contributed by atoms with E-state index in [1.807, 2.05) is 0 Å². The van der Waals surface area contributed by atoms with Gasteiger partial charge in [0.2, 0.25) is 0 Å². The molecule has 0 aliphatic heterocycles. The maximum absolute atomic E-state index is 11.9. The minimum absolute atomic E-state index is 0.0175. The molecule has 4 saturated carbocycles. The predicted octanol–water partition coefficient (Wildman–Crippen LogP) is 9.50. The van der Waals surface area contributed by atoms with Gasteiger partial charge < -0.3 is 10.1 Å². The summed E-state index contributed by atoms with van der Waals surface area (Å²) >= 11 is 5.85. The van der Waals surface area contributed by atoms with Crippen molar-refractivity contribution in [2.24, 2.45) is 51.4 Å². The number of esters is 1. The summed E-state index contributed by atoms with van der Waals surface area (Å²) in [4.78, 5) is 11.9. The molecule has 5 aliphatic carbocycles. The number of carbonyl (C=O) groups excluding carboxylic acids is 1. The second-order valence-electron chi connectivity index (χ2n) is 16.5. The molecule has 0 heterocycles. The van der Waals surface area contributed by atoms with Crippen LogP contribution >= 0.6 is 12.2 Å². The van der Waals surface area contributed by atoms with Crippen molar-refractivity contribution >= 4 is 29.0 Å². The minimum atomic E-state index is -0.165. The first-order valence-corrected chi connectivity index (χ1v) is 18.9. The van der Waals surface area contributed by atoms with Crippen molar-refractivity contribution in [1.82, 2.24) is 10.7 Å². The molecule has 4 fully saturated rings. The van der Waals surface area contributed by atoms with Crippen LogP contribution in [0.1, 0.15) is 151 Å². The van der Waals surface area contributed by atoms with Crippen LogP contribution in [0.15, 0.2) is 16.8 Å². The smallest absolute Gasteiger partial charge is 0.302 e. The first kappa shape index (κ1) is 33.9. The van der Waals surface area contributed by atoms with Gasteiger partial charge in [-0.15, -0.1) is 0 Å². The van der Waals surface area contributed by atoms with Gasteiger partial charge in [-0.3, -0.25) is 10.2 Å². The van der Waals surface area contributed by atoms with E-state index < -0.39 is 0 Å². The Hall–Kier alpha value is -1.43. The molecule has 248 valence electrons. The third-order valence-electron chi connectivity index (χ3n) is 13.2. The van der Waals surface area contributed by atoms with Gasteiger partial charge in [0.05, 0.1) is 5.71 Å². The van der Waals surface area contributed by atoms with E-state index in [1.54, 1.807) is 6.92 Å². The fourth-order valence-corrected chi connectivity index (χ4v) is 11.0. The molecule has 0 radical (unpaired) electrons. The lowest BCUT2D eigenvalue weighted by atomic mass is 9.46. The van der Waals surface area contributed by atoms with Crippen molar-refractivity contribution < 1.29 is 9.53 Å². The molecule has 5 nitrogen and oxygen atoms in total. The second-order valence-corrected chi connectivity index (χ2v) is 16.9. The van der Waals surface area contributed by atoms with Crippen molar-refractivity contribution in [2.45, 2.75) is 163 Å². The number of allylic oxidation sites excluding steroid dienone is 1. The third-order valence-corrected chi connectivity index (χ3v) is 13.4. The molecule has 5 aliphatic rings. The van der Waals surface area contributed by atoms with E-state index in [9.17, 15) is 4.79 Å². The molecule has 0 aromatic rings. The van der Waals surface area contributed by atoms with E-state index in [4.69, 9.17) is 22.1 Å². The molecule has 8 atom stereocenters. The number of fused-ring (bicyclic) bond motifs is 5. The number of carbonyl (C=O) groups is 1. The fraction of sp³-hybridized carbons (Fsp3) is 0.868. The van der Waals surface area contributed by atoms with Gasteiger partial charge in [0.15, 0.2) is 5.11 Å². The SMILES string of the molecule is CC(=O)O[C@H]1CC[C@@]2(C)C(=C/C(=N\NC(=S)NC3CCCCCCC3)[C@H]3[C@@H]4CC[C@H]([C@H](C)CCCC(C)C)[C@@]4(C)CC[C@@H]32)C1. The largest absolute Gasteiger partial charge is 0.462 e. The fourth-order valence-electron chi connectivity index (χ4n) is 10.8. The van der Waals surface area contributed by atoms with Crippen molar-refractivity contribution in [3.63, 3.8) is 0 Å². The van der Waals surface area contributed by atoms with Gasteiger partial charge in [0, 0.05) is 25.3 Å². The van der Waals surface area contributed by atoms with Crippen LogP contribution in [0.3, 0.4) is 0 Å². The Morgan fingerprint density at radius 1 is 0.977 bits per heavy atom. The van der Waals surface area contributed by atoms with Gasteiger partial charge >= 0.3 is 5.97 Å². The molecule has 2 N–H and O–H groups in total. The first-order chi connectivity index (χ1) is 21.0. The van der Waals surface area contributed by atoms with Gasteiger partial charge in [-0.05, 0) is 110 Å². The Morgan fingerprint density at radius 3 is 2.41 bits per heavy atom. The van der Waals surface area contributed by atoms with Crippen LogP contribution in [0.2, 0.25) is 0 Å². The summed E-state index contributed by atoms with van der Waals surface area (Å²) in [7, 11) is 0. The number of ether oxygens (including phenoxy) is 1. The average molecular weight is 626 g/mol. The van der Waals surface area contributed by atoms with E-state index in [2.05, 4.69) is 51.4 Å². The van der Waals surface area contributed by atoms with Crippen molar-refractivity contribution in [3.05, 3.63) is 11.6 Å². The molecule has 0 aromatic heterocycles. The van der Waals surface area contributed by atoms with Crippen LogP contribution in [0.25, 0.3) is 0 Å². The Balaban J connectivity index is 1.39. The summed E-state index contributed by atoms with van der Waals surface area (Å²) in [6.45, 7) is 14.0. The normalized spacial score (nSPS) is 37.6. The molecular weight excluding hydrogens is 563 g/mol. The van der Waals surface area contributed by atoms with Crippen LogP contribution in [0.5, 0.6) is 0 Å². The highest BCUT2D eigenvalue weighted by Crippen LogP contribution is 2.67. The van der Waals surface area contributed by atoms with Gasteiger partial charge in [-0.1, -0.05) is 91.6 Å². The Bertz CT molecular complexity index is 1080. The zero-order valence-electron chi connectivity index (χ0n) is 28.9. The van der Waals surface area contributed by atoms with E-state index in [1.165, 1.54) is 101 Å². The molecule has 0 spiro atoms. The standard InChI is InChI=1S/C38H63N3O2S/c1-25(2)13-12-14-26(3)31-17-18-32-35-33(20-22-38(31,32)6)37(5)21-19-30(43-27(4)42)23-28(37)24-34(35)40-41-36(44)39-29-15-10-8-7-9-11-16-29/h24-26,29-33,35H,7-23H2,1-6H3,(H2,39,41,44)/b40-34+/t26-,30+,31-,32+,33+,35+,37+,38-/m1/s1. The topological polar surface area (TPSA) is 62.7 Å². The Labute approximate surface area is 274 Å². The Morgan fingerprint density at radius 2 is 1.70 bits per heavy atom. The quantitative estimate of drug-likeness (QED) is 0.160. The zero-order chi connectivity index (χ0) is 31.5. The van der Waals surface area contributed by atoms with E-state index >= 15 is 0 Å². The monoisotopic (exact) mass is 625 g/mol. The summed E-state index contributed by atoms with van der Waals surface area (Å²) in [5.74, 6) is 3.91. The van der Waals surface area contributed by atoms with Crippen molar-refractivity contribution in [1.29, 1.82) is 0 Å². The minimum Gasteiger partial charge on any atom is -0.462 e. The van der Waals surface area contributed by atoms with Gasteiger partial charge in [0.25, 0.3) is 0 Å². The van der Waals surface area contributed by atoms with Crippen LogP contribution in [-0.4, -0.2) is 28.9 Å². The molecule has 0 bridgehead atoms. The summed E-state index contributed by atoms with van der Waals surface area (Å²) < 4.78 is 5.76. The lowest BCUT2D eigenvalue weighted by molar-refractivity contribution is -0.148. The number of hydrazone groups is 1. The highest BCUT2D eigenvalue weighted by molar-refractivity contribution is 7.80. The van der Waals surface area contributed by atoms with Gasteiger partial charge in [-0.2, -0.15) is 5.10 Å². The molecule has 44 heavy (non-hydrogen) atoms. The van der Waals surface area contributed by atoms with E-state index in [-0.39, 0.29) is 17.5 Å². The molecule has 0 amide bonds. The summed E-state index contributed by atoms with van der Waals surface area (Å²) in [6, 6.07) is 0.449. The third kappa shape index (κ3) is 7.41. The van der Waals surface area contributed by atoms with Crippen LogP contribution in [-0.2, 0) is 9.53 Å². The molecule has 6 heteroatoms. The summed E-state index contributed by atoms with van der Waals surface area (Å²) in [5, 5.41) is 9.50. The van der Waals surface area contributed by atoms with Crippen molar-refractivity contribution in [2.75, 3.05) is 0 Å². The maximum Gasteiger partial charge on any atom is 0.302 e. The number of hydrogen-bond acceptors (Lipinski definition) is 4. The second kappa shape index (κ2) is 14.6. The average Bonchev–Trinajstić information content (AvgIpc) is 3.30. The number of nitrogens with zero attached hydrogens (tertiary/aromatic N) is 1. The maximum atomic E-state index is 11.9. The first-order valence-electron chi connectivity index (χ1n) is 18.5. The van der Waals surface area contributed by atoms with Gasteiger partial charge in [-0.25, -0.2) is 0 Å². The van der Waals surface area contributed by atoms with Crippen molar-refractivity contribution in [3.8, 4) is 0 Å². The van der Waals surface area contributed by atoms with Gasteiger partial charge in [0.1, 0.15) is 6.10 Å². The highest BCUT2D eigenvalue weighted by Gasteiger charge is 2.61. The number of thiocarbonyl (C=S) groups is 1. The zero-order valence-corrected chi connectivity index (χ0v) is 29.7. The van der Waals surface area contributed by atoms with E-state index in [0.717, 1.165) is 37.0 Å². The molecule has 5 rings (SSSR count). The molecule has 0 aromatic carbocycles. The Kier molecular flexibility index (Phi) is 11.2. The summed E-state index contributed by atoms with van der Waals surface area (Å²) in [5.41, 5.74) is 6.53. The van der Waals surface area contributed by atoms with Crippen LogP contribution in [0, 0.1) is 46.3 Å². The lowest BCUT2D eigenvalue weighted by Gasteiger charge is -2.58. The molecular formula is C38H63N3O2S. The number of hydrogen-bond donors (Lipinski definition) is 2. The lowest BCUT2D eigenvalue weighted by Crippen LogP contribution is -2.54. The van der Waals surface area contributed by atoms with E-state index in [0.29, 0.717) is 34.3 Å². The van der Waals surface area contributed by atoms with Crippen LogP contribution < -0.4 is 10.7 Å². The molecule has 0 saturated heterocycles. The predicted molar refractivity (Wildman–Crippen MR) is 186 cm³/mol. The molecule has 0 unspecified atom stereocenters. The summed E-state index contributed by atoms with van der Waals surface area (Å²) in [6.07, 6.45) is 23.6.